The fourth-order valence-corrected chi connectivity index (χ4v) is 5.37. The van der Waals surface area contributed by atoms with Crippen LogP contribution in [0.4, 0.5) is 0 Å². The maximum absolute atomic E-state index is 12.9. The number of Topliss-reactive ketones (excluding diaryl/α,β-unsaturated/α-hetero) is 1. The molecule has 0 aliphatic carbocycles. The van der Waals surface area contributed by atoms with E-state index in [1.54, 1.807) is 17.6 Å². The average molecular weight is 373 g/mol. The Kier molecular flexibility index (Phi) is 5.57. The number of ketones is 1. The molecule has 0 aromatic carbocycles. The van der Waals surface area contributed by atoms with E-state index in [1.165, 1.54) is 12.8 Å². The predicted octanol–water partition coefficient (Wildman–Crippen LogP) is 4.21. The van der Waals surface area contributed by atoms with Crippen molar-refractivity contribution in [3.8, 4) is 0 Å². The first-order valence-electron chi connectivity index (χ1n) is 9.78. The number of carbonyl (C=O) groups is 1. The number of furan rings is 1. The molecule has 2 saturated heterocycles. The molecule has 26 heavy (non-hydrogen) atoms. The molecule has 140 valence electrons. The van der Waals surface area contributed by atoms with E-state index in [-0.39, 0.29) is 5.92 Å². The number of hydrogen-bond donors (Lipinski definition) is 0. The standard InChI is InChI=1S/C21H28N2O2S/c1-16-8-13-26-21(16)20(24)17-4-2-9-23(14-17)18-6-10-22(11-7-18)15-19-5-3-12-25-19/h3,5,8,12-13,17-18H,2,4,6-7,9-11,14-15H2,1H3. The van der Waals surface area contributed by atoms with Crippen molar-refractivity contribution in [3.05, 3.63) is 46.0 Å². The minimum atomic E-state index is 0.183. The monoisotopic (exact) mass is 372 g/mol. The van der Waals surface area contributed by atoms with Gasteiger partial charge in [-0.3, -0.25) is 14.6 Å². The van der Waals surface area contributed by atoms with Crippen molar-refractivity contribution in [2.75, 3.05) is 26.2 Å². The van der Waals surface area contributed by atoms with Gasteiger partial charge in [0.05, 0.1) is 17.7 Å². The topological polar surface area (TPSA) is 36.7 Å². The van der Waals surface area contributed by atoms with Crippen LogP contribution >= 0.6 is 11.3 Å². The van der Waals surface area contributed by atoms with Crippen molar-refractivity contribution in [1.29, 1.82) is 0 Å². The molecule has 2 fully saturated rings. The van der Waals surface area contributed by atoms with Crippen molar-refractivity contribution in [3.63, 3.8) is 0 Å². The van der Waals surface area contributed by atoms with E-state index < -0.39 is 0 Å². The molecule has 1 atom stereocenters. The number of nitrogens with zero attached hydrogens (tertiary/aromatic N) is 2. The Labute approximate surface area is 159 Å². The second-order valence-electron chi connectivity index (χ2n) is 7.72. The van der Waals surface area contributed by atoms with Crippen LogP contribution < -0.4 is 0 Å². The highest BCUT2D eigenvalue weighted by atomic mass is 32.1. The fourth-order valence-electron chi connectivity index (χ4n) is 4.43. The van der Waals surface area contributed by atoms with E-state index in [0.717, 1.165) is 61.8 Å². The van der Waals surface area contributed by atoms with Crippen LogP contribution in [0.1, 0.15) is 46.7 Å². The molecule has 4 nitrogen and oxygen atoms in total. The zero-order chi connectivity index (χ0) is 17.9. The van der Waals surface area contributed by atoms with Crippen LogP contribution in [0, 0.1) is 12.8 Å². The van der Waals surface area contributed by atoms with Crippen LogP contribution in [-0.4, -0.2) is 47.8 Å². The Hall–Kier alpha value is -1.43. The molecular weight excluding hydrogens is 344 g/mol. The van der Waals surface area contributed by atoms with Gasteiger partial charge >= 0.3 is 0 Å². The smallest absolute Gasteiger partial charge is 0.177 e. The molecule has 0 N–H and O–H groups in total. The Morgan fingerprint density at radius 1 is 1.23 bits per heavy atom. The first-order valence-corrected chi connectivity index (χ1v) is 10.7. The lowest BCUT2D eigenvalue weighted by atomic mass is 9.90. The van der Waals surface area contributed by atoms with Crippen LogP contribution in [-0.2, 0) is 6.54 Å². The predicted molar refractivity (Wildman–Crippen MR) is 105 cm³/mol. The minimum Gasteiger partial charge on any atom is -0.468 e. The molecule has 2 aliphatic heterocycles. The third kappa shape index (κ3) is 3.95. The molecule has 2 aromatic heterocycles. The van der Waals surface area contributed by atoms with E-state index >= 15 is 0 Å². The molecule has 2 aromatic rings. The van der Waals surface area contributed by atoms with Crippen molar-refractivity contribution < 1.29 is 9.21 Å². The van der Waals surface area contributed by atoms with E-state index in [9.17, 15) is 4.79 Å². The Morgan fingerprint density at radius 3 is 2.77 bits per heavy atom. The first kappa shape index (κ1) is 18.0. The van der Waals surface area contributed by atoms with Crippen LogP contribution in [0.25, 0.3) is 0 Å². The van der Waals surface area contributed by atoms with Gasteiger partial charge in [0.15, 0.2) is 5.78 Å². The van der Waals surface area contributed by atoms with Gasteiger partial charge in [-0.05, 0) is 68.3 Å². The van der Waals surface area contributed by atoms with Crippen molar-refractivity contribution in [1.82, 2.24) is 9.80 Å². The molecule has 1 unspecified atom stereocenters. The van der Waals surface area contributed by atoms with Gasteiger partial charge in [-0.25, -0.2) is 0 Å². The third-order valence-electron chi connectivity index (χ3n) is 5.94. The molecular formula is C21H28N2O2S. The Bertz CT molecular complexity index is 716. The summed E-state index contributed by atoms with van der Waals surface area (Å²) in [6.45, 7) is 7.29. The number of thiophene rings is 1. The summed E-state index contributed by atoms with van der Waals surface area (Å²) in [4.78, 5) is 19.0. The van der Waals surface area contributed by atoms with Crippen LogP contribution in [0.3, 0.4) is 0 Å². The second-order valence-corrected chi connectivity index (χ2v) is 8.63. The second kappa shape index (κ2) is 8.07. The molecule has 0 bridgehead atoms. The number of carbonyl (C=O) groups excluding carboxylic acids is 1. The SMILES string of the molecule is Cc1ccsc1C(=O)C1CCCN(C2CCN(Cc3ccco3)CC2)C1. The highest BCUT2D eigenvalue weighted by Crippen LogP contribution is 2.28. The zero-order valence-electron chi connectivity index (χ0n) is 15.5. The van der Waals surface area contributed by atoms with Gasteiger partial charge in [-0.15, -0.1) is 11.3 Å². The molecule has 0 saturated carbocycles. The van der Waals surface area contributed by atoms with Gasteiger partial charge in [0.2, 0.25) is 0 Å². The molecule has 4 rings (SSSR count). The summed E-state index contributed by atoms with van der Waals surface area (Å²) in [5.41, 5.74) is 1.14. The van der Waals surface area contributed by atoms with Crippen LogP contribution in [0.2, 0.25) is 0 Å². The van der Waals surface area contributed by atoms with Gasteiger partial charge in [-0.1, -0.05) is 0 Å². The maximum atomic E-state index is 12.9. The summed E-state index contributed by atoms with van der Waals surface area (Å²) in [5.74, 6) is 1.61. The molecule has 4 heterocycles. The van der Waals surface area contributed by atoms with Crippen LogP contribution in [0.15, 0.2) is 34.3 Å². The van der Waals surface area contributed by atoms with E-state index in [1.807, 2.05) is 11.4 Å². The average Bonchev–Trinajstić information content (AvgIpc) is 3.33. The molecule has 0 amide bonds. The lowest BCUT2D eigenvalue weighted by Gasteiger charge is -2.42. The normalized spacial score (nSPS) is 23.3. The lowest BCUT2D eigenvalue weighted by Crippen LogP contribution is -2.49. The van der Waals surface area contributed by atoms with Crippen molar-refractivity contribution >= 4 is 17.1 Å². The zero-order valence-corrected chi connectivity index (χ0v) is 16.3. The molecule has 5 heteroatoms. The summed E-state index contributed by atoms with van der Waals surface area (Å²) in [7, 11) is 0. The number of hydrogen-bond acceptors (Lipinski definition) is 5. The molecule has 2 aliphatic rings. The number of aryl methyl sites for hydroxylation is 1. The lowest BCUT2D eigenvalue weighted by molar-refractivity contribution is 0.0575. The van der Waals surface area contributed by atoms with Crippen molar-refractivity contribution in [2.24, 2.45) is 5.92 Å². The Balaban J connectivity index is 1.31. The highest BCUT2D eigenvalue weighted by Gasteiger charge is 2.32. The third-order valence-corrected chi connectivity index (χ3v) is 6.97. The van der Waals surface area contributed by atoms with Crippen LogP contribution in [0.5, 0.6) is 0 Å². The summed E-state index contributed by atoms with van der Waals surface area (Å²) in [6.07, 6.45) is 6.33. The van der Waals surface area contributed by atoms with Gasteiger partial charge in [-0.2, -0.15) is 0 Å². The minimum absolute atomic E-state index is 0.183. The number of piperidine rings is 2. The molecule has 0 spiro atoms. The first-order chi connectivity index (χ1) is 12.7. The number of likely N-dealkylation sites (tertiary alicyclic amines) is 2. The summed E-state index contributed by atoms with van der Waals surface area (Å²) >= 11 is 1.61. The van der Waals surface area contributed by atoms with Crippen molar-refractivity contribution in [2.45, 2.75) is 45.2 Å². The van der Waals surface area contributed by atoms with Gasteiger partial charge in [0, 0.05) is 31.6 Å². The molecule has 0 radical (unpaired) electrons. The largest absolute Gasteiger partial charge is 0.468 e. The fraction of sp³-hybridized carbons (Fsp3) is 0.571. The van der Waals surface area contributed by atoms with Gasteiger partial charge in [0.1, 0.15) is 5.76 Å². The van der Waals surface area contributed by atoms with E-state index in [4.69, 9.17) is 4.42 Å². The maximum Gasteiger partial charge on any atom is 0.177 e. The van der Waals surface area contributed by atoms with Gasteiger partial charge in [0.25, 0.3) is 0 Å². The quantitative estimate of drug-likeness (QED) is 0.737. The highest BCUT2D eigenvalue weighted by molar-refractivity contribution is 7.12. The van der Waals surface area contributed by atoms with Gasteiger partial charge < -0.3 is 4.42 Å². The van der Waals surface area contributed by atoms with E-state index in [2.05, 4.69) is 28.9 Å². The number of rotatable bonds is 5. The Morgan fingerprint density at radius 2 is 2.08 bits per heavy atom. The summed E-state index contributed by atoms with van der Waals surface area (Å²) < 4.78 is 5.48. The summed E-state index contributed by atoms with van der Waals surface area (Å²) in [5, 5.41) is 2.04. The summed E-state index contributed by atoms with van der Waals surface area (Å²) in [6, 6.07) is 6.71. The van der Waals surface area contributed by atoms with E-state index in [0.29, 0.717) is 11.8 Å².